The lowest BCUT2D eigenvalue weighted by Crippen LogP contribution is -2.19. The Balaban J connectivity index is 2.41. The summed E-state index contributed by atoms with van der Waals surface area (Å²) < 4.78 is 1.75. The first-order valence-electron chi connectivity index (χ1n) is 4.48. The van der Waals surface area contributed by atoms with Gasteiger partial charge in [-0.15, -0.1) is 16.4 Å². The summed E-state index contributed by atoms with van der Waals surface area (Å²) >= 11 is 7.73. The minimum Gasteiger partial charge on any atom is -0.307 e. The topological polar surface area (TPSA) is 42.7 Å². The third-order valence-electron chi connectivity index (χ3n) is 2.24. The molecule has 80 valence electrons. The molecule has 0 aliphatic heterocycles. The summed E-state index contributed by atoms with van der Waals surface area (Å²) in [4.78, 5) is 1.09. The fraction of sp³-hybridized carbons (Fsp3) is 0.333. The average molecular weight is 243 g/mol. The molecule has 2 aromatic heterocycles. The van der Waals surface area contributed by atoms with E-state index in [-0.39, 0.29) is 6.04 Å². The fourth-order valence-electron chi connectivity index (χ4n) is 1.48. The Hall–Kier alpha value is -0.910. The largest absolute Gasteiger partial charge is 0.307 e. The summed E-state index contributed by atoms with van der Waals surface area (Å²) in [5.74, 6) is 0. The van der Waals surface area contributed by atoms with Gasteiger partial charge in [-0.25, -0.2) is 0 Å². The smallest absolute Gasteiger partial charge is 0.0870 e. The van der Waals surface area contributed by atoms with E-state index in [0.717, 1.165) is 15.6 Å². The Kier molecular flexibility index (Phi) is 3.04. The summed E-state index contributed by atoms with van der Waals surface area (Å²) in [6.07, 6.45) is 1.75. The molecule has 2 heterocycles. The second kappa shape index (κ2) is 4.30. The van der Waals surface area contributed by atoms with Gasteiger partial charge in [0, 0.05) is 11.9 Å². The molecule has 0 saturated carbocycles. The zero-order chi connectivity index (χ0) is 10.8. The second-order valence-corrected chi connectivity index (χ2v) is 4.49. The van der Waals surface area contributed by atoms with E-state index in [2.05, 4.69) is 15.6 Å². The first-order chi connectivity index (χ1) is 7.24. The molecule has 0 fully saturated rings. The number of aryl methyl sites for hydroxylation is 1. The molecule has 0 saturated heterocycles. The summed E-state index contributed by atoms with van der Waals surface area (Å²) in [5, 5.41) is 13.7. The molecule has 1 N–H and O–H groups in total. The maximum Gasteiger partial charge on any atom is 0.0870 e. The highest BCUT2D eigenvalue weighted by atomic mass is 35.5. The van der Waals surface area contributed by atoms with Crippen molar-refractivity contribution in [3.05, 3.63) is 33.2 Å². The first-order valence-corrected chi connectivity index (χ1v) is 5.74. The van der Waals surface area contributed by atoms with Crippen LogP contribution in [0.2, 0.25) is 5.02 Å². The number of hydrogen-bond acceptors (Lipinski definition) is 4. The van der Waals surface area contributed by atoms with Crippen molar-refractivity contribution >= 4 is 22.9 Å². The van der Waals surface area contributed by atoms with Gasteiger partial charge >= 0.3 is 0 Å². The number of nitrogens with zero attached hydrogens (tertiary/aromatic N) is 3. The van der Waals surface area contributed by atoms with Crippen molar-refractivity contribution in [2.24, 2.45) is 7.05 Å². The van der Waals surface area contributed by atoms with Gasteiger partial charge in [-0.2, -0.15) is 0 Å². The molecule has 2 aromatic rings. The van der Waals surface area contributed by atoms with Crippen molar-refractivity contribution in [1.82, 2.24) is 20.3 Å². The molecule has 0 aromatic carbocycles. The van der Waals surface area contributed by atoms with E-state index in [0.29, 0.717) is 0 Å². The summed E-state index contributed by atoms with van der Waals surface area (Å²) in [5.41, 5.74) is 1.00. The second-order valence-electron chi connectivity index (χ2n) is 3.14. The summed E-state index contributed by atoms with van der Waals surface area (Å²) in [6.45, 7) is 0. The van der Waals surface area contributed by atoms with Crippen LogP contribution < -0.4 is 5.32 Å². The minimum absolute atomic E-state index is 0.0532. The third-order valence-corrected chi connectivity index (χ3v) is 3.66. The molecule has 0 radical (unpaired) electrons. The first kappa shape index (κ1) is 10.6. The average Bonchev–Trinajstić information content (AvgIpc) is 2.80. The van der Waals surface area contributed by atoms with Crippen LogP contribution in [-0.2, 0) is 7.05 Å². The van der Waals surface area contributed by atoms with Crippen LogP contribution in [0.4, 0.5) is 0 Å². The molecule has 0 amide bonds. The standard InChI is InChI=1S/C9H11ClN4S/c1-11-8(7-5-12-13-14(7)2)9-6(10)3-4-15-9/h3-5,8,11H,1-2H3. The van der Waals surface area contributed by atoms with Gasteiger partial charge in [-0.05, 0) is 18.5 Å². The van der Waals surface area contributed by atoms with Gasteiger partial charge in [0.05, 0.1) is 23.0 Å². The maximum absolute atomic E-state index is 6.10. The van der Waals surface area contributed by atoms with E-state index in [1.165, 1.54) is 0 Å². The van der Waals surface area contributed by atoms with Crippen molar-refractivity contribution in [2.75, 3.05) is 7.05 Å². The molecular weight excluding hydrogens is 232 g/mol. The normalized spacial score (nSPS) is 13.0. The van der Waals surface area contributed by atoms with Crippen LogP contribution in [-0.4, -0.2) is 22.0 Å². The van der Waals surface area contributed by atoms with Crippen LogP contribution in [0, 0.1) is 0 Å². The van der Waals surface area contributed by atoms with Crippen LogP contribution in [0.1, 0.15) is 16.6 Å². The van der Waals surface area contributed by atoms with Gasteiger partial charge in [0.15, 0.2) is 0 Å². The zero-order valence-electron chi connectivity index (χ0n) is 8.44. The highest BCUT2D eigenvalue weighted by Crippen LogP contribution is 2.31. The molecule has 2 rings (SSSR count). The quantitative estimate of drug-likeness (QED) is 0.893. The lowest BCUT2D eigenvalue weighted by atomic mass is 10.2. The molecule has 0 aliphatic carbocycles. The van der Waals surface area contributed by atoms with Crippen LogP contribution in [0.3, 0.4) is 0 Å². The van der Waals surface area contributed by atoms with Crippen molar-refractivity contribution in [1.29, 1.82) is 0 Å². The van der Waals surface area contributed by atoms with E-state index in [1.807, 2.05) is 25.5 Å². The number of halogens is 1. The van der Waals surface area contributed by atoms with Gasteiger partial charge in [0.1, 0.15) is 0 Å². The SMILES string of the molecule is CNC(c1sccc1Cl)c1cnnn1C. The van der Waals surface area contributed by atoms with Crippen LogP contribution in [0.5, 0.6) is 0 Å². The van der Waals surface area contributed by atoms with Crippen LogP contribution in [0.25, 0.3) is 0 Å². The predicted molar refractivity (Wildman–Crippen MR) is 61.2 cm³/mol. The molecule has 1 atom stereocenters. The highest BCUT2D eigenvalue weighted by Gasteiger charge is 2.19. The van der Waals surface area contributed by atoms with Gasteiger partial charge in [-0.1, -0.05) is 16.8 Å². The number of nitrogens with one attached hydrogen (secondary N) is 1. The van der Waals surface area contributed by atoms with E-state index in [9.17, 15) is 0 Å². The van der Waals surface area contributed by atoms with Crippen molar-refractivity contribution in [3.8, 4) is 0 Å². The lowest BCUT2D eigenvalue weighted by molar-refractivity contribution is 0.604. The van der Waals surface area contributed by atoms with E-state index in [1.54, 1.807) is 22.2 Å². The number of aromatic nitrogens is 3. The molecule has 4 nitrogen and oxygen atoms in total. The predicted octanol–water partition coefficient (Wildman–Crippen LogP) is 1.84. The highest BCUT2D eigenvalue weighted by molar-refractivity contribution is 7.10. The number of hydrogen-bond donors (Lipinski definition) is 1. The number of rotatable bonds is 3. The van der Waals surface area contributed by atoms with Crippen molar-refractivity contribution in [3.63, 3.8) is 0 Å². The van der Waals surface area contributed by atoms with Gasteiger partial charge in [0.2, 0.25) is 0 Å². The van der Waals surface area contributed by atoms with Gasteiger partial charge < -0.3 is 5.32 Å². The lowest BCUT2D eigenvalue weighted by Gasteiger charge is -2.14. The monoisotopic (exact) mass is 242 g/mol. The zero-order valence-corrected chi connectivity index (χ0v) is 10.0. The molecular formula is C9H11ClN4S. The Morgan fingerprint density at radius 1 is 1.60 bits per heavy atom. The summed E-state index contributed by atoms with van der Waals surface area (Å²) in [6, 6.07) is 1.95. The Labute approximate surface area is 96.9 Å². The fourth-order valence-corrected chi connectivity index (χ4v) is 2.77. The Morgan fingerprint density at radius 2 is 2.40 bits per heavy atom. The molecule has 0 aliphatic rings. The minimum atomic E-state index is 0.0532. The number of thiophene rings is 1. The van der Waals surface area contributed by atoms with Crippen LogP contribution in [0.15, 0.2) is 17.6 Å². The molecule has 0 spiro atoms. The molecule has 1 unspecified atom stereocenters. The molecule has 0 bridgehead atoms. The molecule has 6 heteroatoms. The summed E-state index contributed by atoms with van der Waals surface area (Å²) in [7, 11) is 3.77. The van der Waals surface area contributed by atoms with E-state index < -0.39 is 0 Å². The van der Waals surface area contributed by atoms with Crippen molar-refractivity contribution < 1.29 is 0 Å². The van der Waals surface area contributed by atoms with Gasteiger partial charge in [0.25, 0.3) is 0 Å². The maximum atomic E-state index is 6.10. The van der Waals surface area contributed by atoms with Crippen LogP contribution >= 0.6 is 22.9 Å². The third kappa shape index (κ3) is 1.90. The van der Waals surface area contributed by atoms with Gasteiger partial charge in [-0.3, -0.25) is 4.68 Å². The van der Waals surface area contributed by atoms with Crippen molar-refractivity contribution in [2.45, 2.75) is 6.04 Å². The van der Waals surface area contributed by atoms with E-state index in [4.69, 9.17) is 11.6 Å². The molecule has 15 heavy (non-hydrogen) atoms. The Morgan fingerprint density at radius 3 is 2.87 bits per heavy atom. The van der Waals surface area contributed by atoms with E-state index >= 15 is 0 Å². The Bertz CT molecular complexity index is 410.